The van der Waals surface area contributed by atoms with Gasteiger partial charge in [-0.3, -0.25) is 9.59 Å². The van der Waals surface area contributed by atoms with Crippen LogP contribution in [-0.2, 0) is 14.3 Å². The molecule has 3 nitrogen and oxygen atoms in total. The highest BCUT2D eigenvalue weighted by atomic mass is 16.5. The van der Waals surface area contributed by atoms with Crippen molar-refractivity contribution in [2.75, 3.05) is 0 Å². The number of hydrogen-bond acceptors (Lipinski definition) is 3. The van der Waals surface area contributed by atoms with Gasteiger partial charge in [-0.05, 0) is 80.0 Å². The van der Waals surface area contributed by atoms with Crippen LogP contribution in [0.15, 0.2) is 11.6 Å². The first-order chi connectivity index (χ1) is 13.2. The Hall–Kier alpha value is -1.12. The smallest absolute Gasteiger partial charge is 0.302 e. The molecule has 0 aromatic rings. The van der Waals surface area contributed by atoms with E-state index in [2.05, 4.69) is 26.8 Å². The number of fused-ring (bicyclic) bond motifs is 5. The Kier molecular flexibility index (Phi) is 5.03. The van der Waals surface area contributed by atoms with Crippen LogP contribution in [0.2, 0.25) is 0 Å². The zero-order valence-electron chi connectivity index (χ0n) is 18.4. The number of ketones is 1. The van der Waals surface area contributed by atoms with Crippen molar-refractivity contribution in [2.45, 2.75) is 92.1 Å². The van der Waals surface area contributed by atoms with Crippen LogP contribution in [0.25, 0.3) is 0 Å². The van der Waals surface area contributed by atoms with Gasteiger partial charge in [0.15, 0.2) is 0 Å². The zero-order valence-corrected chi connectivity index (χ0v) is 18.4. The number of rotatable bonds is 3. The lowest BCUT2D eigenvalue weighted by Gasteiger charge is -2.58. The van der Waals surface area contributed by atoms with Crippen LogP contribution in [0.5, 0.6) is 0 Å². The second-order valence-electron chi connectivity index (χ2n) is 10.8. The molecule has 156 valence electrons. The van der Waals surface area contributed by atoms with Crippen LogP contribution < -0.4 is 0 Å². The van der Waals surface area contributed by atoms with Crippen molar-refractivity contribution in [2.24, 2.45) is 40.4 Å². The van der Waals surface area contributed by atoms with E-state index < -0.39 is 0 Å². The molecule has 3 fully saturated rings. The Balaban J connectivity index is 1.61. The molecule has 3 saturated carbocycles. The average molecular weight is 387 g/mol. The Bertz CT molecular complexity index is 694. The Morgan fingerprint density at radius 2 is 1.89 bits per heavy atom. The molecule has 0 unspecified atom stereocenters. The highest BCUT2D eigenvalue weighted by molar-refractivity contribution is 5.80. The van der Waals surface area contributed by atoms with Crippen molar-refractivity contribution in [3.63, 3.8) is 0 Å². The lowest BCUT2D eigenvalue weighted by Crippen LogP contribution is -2.51. The lowest BCUT2D eigenvalue weighted by molar-refractivity contribution is -0.149. The van der Waals surface area contributed by atoms with E-state index in [9.17, 15) is 9.59 Å². The normalized spacial score (nSPS) is 47.4. The predicted octanol–water partition coefficient (Wildman–Crippen LogP) is 5.72. The van der Waals surface area contributed by atoms with E-state index in [-0.39, 0.29) is 28.8 Å². The van der Waals surface area contributed by atoms with E-state index in [0.29, 0.717) is 17.6 Å². The number of carbonyl (C=O) groups is 2. The van der Waals surface area contributed by atoms with Gasteiger partial charge >= 0.3 is 5.97 Å². The van der Waals surface area contributed by atoms with E-state index in [4.69, 9.17) is 4.74 Å². The van der Waals surface area contributed by atoms with Gasteiger partial charge in [-0.1, -0.05) is 38.8 Å². The molecule has 8 atom stereocenters. The summed E-state index contributed by atoms with van der Waals surface area (Å²) in [6.45, 7) is 10.6. The maximum atomic E-state index is 12.6. The molecule has 0 aromatic carbocycles. The Labute approximate surface area is 170 Å². The van der Waals surface area contributed by atoms with E-state index in [1.165, 1.54) is 26.2 Å². The first kappa shape index (κ1) is 20.2. The van der Waals surface area contributed by atoms with Gasteiger partial charge in [-0.25, -0.2) is 0 Å². The number of allylic oxidation sites excluding steroid dienone is 1. The van der Waals surface area contributed by atoms with Crippen LogP contribution in [0.1, 0.15) is 86.0 Å². The monoisotopic (exact) mass is 386 g/mol. The van der Waals surface area contributed by atoms with E-state index in [1.54, 1.807) is 5.57 Å². The molecule has 0 aliphatic heterocycles. The summed E-state index contributed by atoms with van der Waals surface area (Å²) in [5, 5.41) is 0. The fourth-order valence-electron chi connectivity index (χ4n) is 8.34. The minimum Gasteiger partial charge on any atom is -0.462 e. The minimum absolute atomic E-state index is 0.0697. The highest BCUT2D eigenvalue weighted by Crippen LogP contribution is 2.67. The maximum Gasteiger partial charge on any atom is 0.302 e. The lowest BCUT2D eigenvalue weighted by atomic mass is 9.47. The summed E-state index contributed by atoms with van der Waals surface area (Å²) in [5.74, 6) is 3.25. The van der Waals surface area contributed by atoms with E-state index in [1.807, 2.05) is 6.92 Å². The van der Waals surface area contributed by atoms with Crippen molar-refractivity contribution in [3.8, 4) is 0 Å². The van der Waals surface area contributed by atoms with Gasteiger partial charge in [-0.2, -0.15) is 0 Å². The maximum absolute atomic E-state index is 12.6. The van der Waals surface area contributed by atoms with Crippen molar-refractivity contribution in [1.82, 2.24) is 0 Å². The van der Waals surface area contributed by atoms with E-state index in [0.717, 1.165) is 43.9 Å². The van der Waals surface area contributed by atoms with Crippen LogP contribution in [0, 0.1) is 40.4 Å². The van der Waals surface area contributed by atoms with Gasteiger partial charge in [0.1, 0.15) is 11.9 Å². The molecule has 0 aromatic heterocycles. The van der Waals surface area contributed by atoms with Crippen LogP contribution in [0.3, 0.4) is 0 Å². The first-order valence-electron chi connectivity index (χ1n) is 11.6. The van der Waals surface area contributed by atoms with Crippen molar-refractivity contribution >= 4 is 11.8 Å². The number of carbonyl (C=O) groups excluding carboxylic acids is 2. The fourth-order valence-corrected chi connectivity index (χ4v) is 8.34. The summed E-state index contributed by atoms with van der Waals surface area (Å²) in [7, 11) is 0. The summed E-state index contributed by atoms with van der Waals surface area (Å²) in [6.07, 6.45) is 11.6. The summed E-state index contributed by atoms with van der Waals surface area (Å²) in [4.78, 5) is 24.0. The number of Topliss-reactive ketones (excluding diaryl/α,β-unsaturated/α-hetero) is 1. The molecule has 4 rings (SSSR count). The SMILES string of the molecule is CC[C@@H]1C[C@H]2[C@@H]3CC=C4C[C@H](OC(C)=O)CC[C@]4(C)[C@H]3CC[C@]2(C)[C@H]1C(C)=O. The van der Waals surface area contributed by atoms with Crippen LogP contribution in [0.4, 0.5) is 0 Å². The predicted molar refractivity (Wildman–Crippen MR) is 111 cm³/mol. The molecule has 0 saturated heterocycles. The molecular weight excluding hydrogens is 348 g/mol. The molecular formula is C25H38O3. The molecule has 0 N–H and O–H groups in total. The largest absolute Gasteiger partial charge is 0.462 e. The van der Waals surface area contributed by atoms with Crippen LogP contribution in [-0.4, -0.2) is 17.9 Å². The molecule has 0 radical (unpaired) electrons. The average Bonchev–Trinajstić information content (AvgIpc) is 2.94. The van der Waals surface area contributed by atoms with Gasteiger partial charge < -0.3 is 4.74 Å². The molecule has 3 heteroatoms. The van der Waals surface area contributed by atoms with E-state index >= 15 is 0 Å². The van der Waals surface area contributed by atoms with Crippen molar-refractivity contribution < 1.29 is 14.3 Å². The molecule has 4 aliphatic rings. The summed E-state index contributed by atoms with van der Waals surface area (Å²) >= 11 is 0. The molecule has 0 bridgehead atoms. The quantitative estimate of drug-likeness (QED) is 0.460. The second kappa shape index (κ2) is 6.99. The number of hydrogen-bond donors (Lipinski definition) is 0. The standard InChI is InChI=1S/C25H38O3/c1-6-17-13-22-20-8-7-18-14-19(28-16(3)27)9-11-24(18,4)21(20)10-12-25(22,5)23(17)15(2)26/h7,17,19-23H,6,8-14H2,1-5H3/t17-,19-,20-,21+,22+,23+,24+,25+/m1/s1. The molecule has 0 spiro atoms. The molecule has 0 heterocycles. The second-order valence-corrected chi connectivity index (χ2v) is 10.8. The van der Waals surface area contributed by atoms with Gasteiger partial charge in [0, 0.05) is 19.3 Å². The van der Waals surface area contributed by atoms with Gasteiger partial charge in [-0.15, -0.1) is 0 Å². The molecule has 0 amide bonds. The Morgan fingerprint density at radius 3 is 2.54 bits per heavy atom. The zero-order chi connectivity index (χ0) is 20.3. The highest BCUT2D eigenvalue weighted by Gasteiger charge is 2.61. The van der Waals surface area contributed by atoms with Crippen LogP contribution >= 0.6 is 0 Å². The Morgan fingerprint density at radius 1 is 1.14 bits per heavy atom. The van der Waals surface area contributed by atoms with Gasteiger partial charge in [0.05, 0.1) is 0 Å². The third-order valence-electron chi connectivity index (χ3n) is 9.53. The van der Waals surface area contributed by atoms with Gasteiger partial charge in [0.25, 0.3) is 0 Å². The third kappa shape index (κ3) is 2.91. The first-order valence-corrected chi connectivity index (χ1v) is 11.6. The van der Waals surface area contributed by atoms with Crippen molar-refractivity contribution in [3.05, 3.63) is 11.6 Å². The molecule has 4 aliphatic carbocycles. The summed E-state index contributed by atoms with van der Waals surface area (Å²) < 4.78 is 5.56. The minimum atomic E-state index is -0.150. The number of ether oxygens (including phenoxy) is 1. The summed E-state index contributed by atoms with van der Waals surface area (Å²) in [6, 6.07) is 0. The number of esters is 1. The fraction of sp³-hybridized carbons (Fsp3) is 0.840. The van der Waals surface area contributed by atoms with Crippen molar-refractivity contribution in [1.29, 1.82) is 0 Å². The third-order valence-corrected chi connectivity index (χ3v) is 9.53. The summed E-state index contributed by atoms with van der Waals surface area (Å²) in [5.41, 5.74) is 2.00. The topological polar surface area (TPSA) is 43.4 Å². The molecule has 28 heavy (non-hydrogen) atoms. The van der Waals surface area contributed by atoms with Gasteiger partial charge in [0.2, 0.25) is 0 Å².